The molecule has 0 aliphatic carbocycles. The first-order valence-corrected chi connectivity index (χ1v) is 7.48. The molecule has 0 aromatic rings. The van der Waals surface area contributed by atoms with Crippen molar-refractivity contribution in [3.8, 4) is 0 Å². The lowest BCUT2D eigenvalue weighted by atomic mass is 9.99. The maximum atomic E-state index is 11.9. The van der Waals surface area contributed by atoms with Gasteiger partial charge in [0.15, 0.2) is 29.4 Å². The second-order valence-corrected chi connectivity index (χ2v) is 5.56. The lowest BCUT2D eigenvalue weighted by Gasteiger charge is -2.41. The quantitative estimate of drug-likeness (QED) is 0.369. The first-order chi connectivity index (χ1) is 10.7. The molecule has 1 rings (SSSR count). The average molecular weight is 397 g/mol. The van der Waals surface area contributed by atoms with E-state index in [0.29, 0.717) is 0 Å². The first kappa shape index (κ1) is 19.4. The van der Waals surface area contributed by atoms with Crippen molar-refractivity contribution in [1.82, 2.24) is 0 Å². The van der Waals surface area contributed by atoms with E-state index >= 15 is 0 Å². The van der Waals surface area contributed by atoms with Crippen molar-refractivity contribution in [3.63, 3.8) is 0 Å². The molecule has 0 amide bonds. The van der Waals surface area contributed by atoms with Crippen molar-refractivity contribution in [2.24, 2.45) is 0 Å². The number of carbonyl (C=O) groups excluding carboxylic acids is 4. The summed E-state index contributed by atoms with van der Waals surface area (Å²) in [4.78, 5) is 45.8. The van der Waals surface area contributed by atoms with Crippen LogP contribution in [0.25, 0.3) is 0 Å². The summed E-state index contributed by atoms with van der Waals surface area (Å²) in [5.74, 6) is -2.95. The summed E-state index contributed by atoms with van der Waals surface area (Å²) in [5.41, 5.74) is 0. The first-order valence-electron chi connectivity index (χ1n) is 6.56. The van der Waals surface area contributed by atoms with Gasteiger partial charge in [-0.25, -0.2) is 4.79 Å². The number of halogens is 1. The van der Waals surface area contributed by atoms with E-state index in [2.05, 4.69) is 20.7 Å². The Morgan fingerprint density at radius 2 is 1.26 bits per heavy atom. The monoisotopic (exact) mass is 396 g/mol. The van der Waals surface area contributed by atoms with Crippen LogP contribution in [0.4, 0.5) is 0 Å². The highest BCUT2D eigenvalue weighted by Crippen LogP contribution is 2.31. The molecule has 1 heterocycles. The third kappa shape index (κ3) is 5.17. The van der Waals surface area contributed by atoms with Gasteiger partial charge >= 0.3 is 23.9 Å². The molecule has 23 heavy (non-hydrogen) atoms. The van der Waals surface area contributed by atoms with Crippen LogP contribution in [0.15, 0.2) is 0 Å². The van der Waals surface area contributed by atoms with Gasteiger partial charge in [0.25, 0.3) is 0 Å². The second-order valence-electron chi connectivity index (χ2n) is 4.65. The van der Waals surface area contributed by atoms with Crippen LogP contribution in [0.2, 0.25) is 0 Å². The van der Waals surface area contributed by atoms with E-state index in [1.807, 2.05) is 0 Å². The molecule has 5 atom stereocenters. The summed E-state index contributed by atoms with van der Waals surface area (Å²) in [6, 6.07) is 0. The van der Waals surface area contributed by atoms with Gasteiger partial charge in [-0.2, -0.15) is 0 Å². The minimum atomic E-state index is -1.36. The SMILES string of the molecule is COC(=O)[C@H]1OC(Br)[C@H](OC(C)=O)C(OC(C)=O)[C@@H]1OC(C)=O. The zero-order valence-electron chi connectivity index (χ0n) is 12.9. The summed E-state index contributed by atoms with van der Waals surface area (Å²) in [7, 11) is 1.12. The molecule has 9 nitrogen and oxygen atoms in total. The molecule has 0 aromatic carbocycles. The van der Waals surface area contributed by atoms with Gasteiger partial charge in [0.05, 0.1) is 7.11 Å². The maximum Gasteiger partial charge on any atom is 0.339 e. The van der Waals surface area contributed by atoms with E-state index in [4.69, 9.17) is 18.9 Å². The summed E-state index contributed by atoms with van der Waals surface area (Å²) in [6.07, 6.45) is -5.06. The molecule has 1 saturated heterocycles. The predicted molar refractivity (Wildman–Crippen MR) is 76.3 cm³/mol. The van der Waals surface area contributed by atoms with E-state index in [1.165, 1.54) is 0 Å². The number of ether oxygens (including phenoxy) is 5. The van der Waals surface area contributed by atoms with Gasteiger partial charge in [-0.05, 0) is 0 Å². The lowest BCUT2D eigenvalue weighted by Crippen LogP contribution is -2.61. The normalized spacial score (nSPS) is 30.0. The summed E-state index contributed by atoms with van der Waals surface area (Å²) >= 11 is 3.11. The number of methoxy groups -OCH3 is 1. The standard InChI is InChI=1S/C13H17BrO9/c1-5(15)20-8-9(21-6(2)16)11(13(18)19-4)23-12(14)10(8)22-7(3)17/h8-12H,1-4H3/t8?,9-,10+,11-,12?/m0/s1. The van der Waals surface area contributed by atoms with Crippen molar-refractivity contribution in [2.75, 3.05) is 7.11 Å². The van der Waals surface area contributed by atoms with Crippen LogP contribution in [-0.2, 0) is 42.9 Å². The fraction of sp³-hybridized carbons (Fsp3) is 0.692. The Labute approximate surface area is 140 Å². The molecule has 1 fully saturated rings. The van der Waals surface area contributed by atoms with Crippen LogP contribution >= 0.6 is 15.9 Å². The third-order valence-electron chi connectivity index (χ3n) is 2.82. The highest BCUT2D eigenvalue weighted by molar-refractivity contribution is 9.09. The predicted octanol–water partition coefficient (Wildman–Crippen LogP) is 0.0743. The van der Waals surface area contributed by atoms with Gasteiger partial charge < -0.3 is 23.7 Å². The molecule has 1 aliphatic rings. The molecule has 0 spiro atoms. The summed E-state index contributed by atoms with van der Waals surface area (Å²) in [5, 5.41) is -0.980. The number of rotatable bonds is 4. The van der Waals surface area contributed by atoms with Gasteiger partial charge in [-0.1, -0.05) is 15.9 Å². The summed E-state index contributed by atoms with van der Waals surface area (Å²) in [6.45, 7) is 3.39. The molecule has 0 N–H and O–H groups in total. The van der Waals surface area contributed by atoms with Crippen LogP contribution in [-0.4, -0.2) is 60.4 Å². The van der Waals surface area contributed by atoms with E-state index < -0.39 is 53.3 Å². The highest BCUT2D eigenvalue weighted by Gasteiger charge is 2.53. The zero-order chi connectivity index (χ0) is 17.7. The largest absolute Gasteiger partial charge is 0.467 e. The van der Waals surface area contributed by atoms with Crippen LogP contribution in [0.1, 0.15) is 20.8 Å². The second kappa shape index (κ2) is 8.25. The zero-order valence-corrected chi connectivity index (χ0v) is 14.5. The molecule has 0 aromatic heterocycles. The molecular weight excluding hydrogens is 380 g/mol. The van der Waals surface area contributed by atoms with Crippen LogP contribution in [0, 0.1) is 0 Å². The molecule has 0 bridgehead atoms. The number of esters is 4. The smallest absolute Gasteiger partial charge is 0.339 e. The average Bonchev–Trinajstić information content (AvgIpc) is 2.43. The maximum absolute atomic E-state index is 11.9. The molecule has 1 aliphatic heterocycles. The van der Waals surface area contributed by atoms with Gasteiger partial charge in [0, 0.05) is 20.8 Å². The fourth-order valence-electron chi connectivity index (χ4n) is 2.07. The van der Waals surface area contributed by atoms with Gasteiger partial charge in [-0.3, -0.25) is 14.4 Å². The topological polar surface area (TPSA) is 114 Å². The minimum Gasteiger partial charge on any atom is -0.467 e. The Hall–Kier alpha value is -1.68. The van der Waals surface area contributed by atoms with E-state index in [1.54, 1.807) is 0 Å². The fourth-order valence-corrected chi connectivity index (χ4v) is 2.71. The molecule has 10 heteroatoms. The van der Waals surface area contributed by atoms with Crippen molar-refractivity contribution < 1.29 is 42.9 Å². The minimum absolute atomic E-state index is 0.668. The van der Waals surface area contributed by atoms with Crippen LogP contribution < -0.4 is 0 Å². The number of hydrogen-bond donors (Lipinski definition) is 0. The number of hydrogen-bond acceptors (Lipinski definition) is 9. The van der Waals surface area contributed by atoms with E-state index in [0.717, 1.165) is 27.9 Å². The molecular formula is C13H17BrO9. The van der Waals surface area contributed by atoms with E-state index in [-0.39, 0.29) is 0 Å². The van der Waals surface area contributed by atoms with Crippen molar-refractivity contribution in [3.05, 3.63) is 0 Å². The van der Waals surface area contributed by atoms with Gasteiger partial charge in [0.1, 0.15) is 0 Å². The molecule has 2 unspecified atom stereocenters. The van der Waals surface area contributed by atoms with E-state index in [9.17, 15) is 19.2 Å². The Balaban J connectivity index is 3.21. The molecule has 0 radical (unpaired) electrons. The molecule has 0 saturated carbocycles. The Morgan fingerprint density at radius 1 is 0.826 bits per heavy atom. The van der Waals surface area contributed by atoms with Crippen LogP contribution in [0.5, 0.6) is 0 Å². The van der Waals surface area contributed by atoms with Gasteiger partial charge in [0.2, 0.25) is 0 Å². The van der Waals surface area contributed by atoms with Crippen LogP contribution in [0.3, 0.4) is 0 Å². The Bertz CT molecular complexity index is 492. The number of carbonyl (C=O) groups is 4. The van der Waals surface area contributed by atoms with Gasteiger partial charge in [-0.15, -0.1) is 0 Å². The van der Waals surface area contributed by atoms with Crippen molar-refractivity contribution in [2.45, 2.75) is 50.2 Å². The summed E-state index contributed by atoms with van der Waals surface area (Å²) < 4.78 is 25.2. The third-order valence-corrected chi connectivity index (χ3v) is 3.56. The van der Waals surface area contributed by atoms with Crippen molar-refractivity contribution >= 4 is 39.8 Å². The van der Waals surface area contributed by atoms with Crippen molar-refractivity contribution in [1.29, 1.82) is 0 Å². The Morgan fingerprint density at radius 3 is 1.70 bits per heavy atom. The number of alkyl halides is 1. The lowest BCUT2D eigenvalue weighted by molar-refractivity contribution is -0.234. The highest BCUT2D eigenvalue weighted by atomic mass is 79.9. The Kier molecular flexibility index (Phi) is 6.95. The molecule has 130 valence electrons.